The summed E-state index contributed by atoms with van der Waals surface area (Å²) in [6.45, 7) is -0.0814. The molecule has 0 aliphatic carbocycles. The molecular formula is C16H12F3NO2. The number of rotatable bonds is 4. The Balaban J connectivity index is 2.38. The van der Waals surface area contributed by atoms with Gasteiger partial charge in [-0.25, -0.2) is 0 Å². The van der Waals surface area contributed by atoms with Crippen LogP contribution in [-0.4, -0.2) is 11.7 Å². The van der Waals surface area contributed by atoms with Gasteiger partial charge in [0.25, 0.3) is 0 Å². The van der Waals surface area contributed by atoms with Crippen molar-refractivity contribution >= 4 is 0 Å². The Bertz CT molecular complexity index is 705. The zero-order valence-corrected chi connectivity index (χ0v) is 11.4. The average molecular weight is 307 g/mol. The number of nitriles is 1. The second-order valence-electron chi connectivity index (χ2n) is 4.51. The minimum atomic E-state index is -4.54. The van der Waals surface area contributed by atoms with Gasteiger partial charge in [0.15, 0.2) is 0 Å². The number of para-hydroxylation sites is 1. The third-order valence-corrected chi connectivity index (χ3v) is 2.98. The highest BCUT2D eigenvalue weighted by atomic mass is 19.4. The first kappa shape index (κ1) is 15.9. The Morgan fingerprint density at radius 2 is 1.82 bits per heavy atom. The summed E-state index contributed by atoms with van der Waals surface area (Å²) in [6, 6.07) is 11.2. The van der Waals surface area contributed by atoms with Crippen LogP contribution in [0.3, 0.4) is 0 Å². The fourth-order valence-corrected chi connectivity index (χ4v) is 1.95. The molecule has 114 valence electrons. The number of ether oxygens (including phenoxy) is 1. The normalized spacial score (nSPS) is 11.0. The molecule has 0 aliphatic rings. The molecule has 0 spiro atoms. The van der Waals surface area contributed by atoms with Crippen molar-refractivity contribution in [2.75, 3.05) is 6.61 Å². The summed E-state index contributed by atoms with van der Waals surface area (Å²) in [6.07, 6.45) is -4.19. The zero-order valence-electron chi connectivity index (χ0n) is 11.4. The van der Waals surface area contributed by atoms with Gasteiger partial charge in [-0.15, -0.1) is 0 Å². The number of hydrogen-bond acceptors (Lipinski definition) is 3. The molecule has 0 fully saturated rings. The van der Waals surface area contributed by atoms with Crippen molar-refractivity contribution in [3.63, 3.8) is 0 Å². The van der Waals surface area contributed by atoms with Crippen LogP contribution >= 0.6 is 0 Å². The third-order valence-electron chi connectivity index (χ3n) is 2.98. The summed E-state index contributed by atoms with van der Waals surface area (Å²) in [4.78, 5) is 0. The lowest BCUT2D eigenvalue weighted by molar-refractivity contribution is -0.138. The van der Waals surface area contributed by atoms with Crippen LogP contribution in [0.15, 0.2) is 42.5 Å². The predicted octanol–water partition coefficient (Wildman–Crippen LogP) is 3.90. The summed E-state index contributed by atoms with van der Waals surface area (Å²) in [5, 5.41) is 18.0. The SMILES string of the molecule is N#Cc1cc(CCO)ccc1Oc1ccccc1C(F)(F)F. The van der Waals surface area contributed by atoms with E-state index in [-0.39, 0.29) is 23.7 Å². The molecule has 0 aromatic heterocycles. The molecule has 0 amide bonds. The molecule has 3 nitrogen and oxygen atoms in total. The number of aliphatic hydroxyl groups is 1. The van der Waals surface area contributed by atoms with Crippen LogP contribution in [0.5, 0.6) is 11.5 Å². The van der Waals surface area contributed by atoms with Crippen molar-refractivity contribution in [3.8, 4) is 17.6 Å². The second kappa shape index (κ2) is 6.50. The molecule has 2 aromatic carbocycles. The van der Waals surface area contributed by atoms with Gasteiger partial charge >= 0.3 is 6.18 Å². The van der Waals surface area contributed by atoms with Gasteiger partial charge in [-0.1, -0.05) is 18.2 Å². The van der Waals surface area contributed by atoms with Gasteiger partial charge in [0.1, 0.15) is 17.6 Å². The van der Waals surface area contributed by atoms with E-state index in [0.717, 1.165) is 6.07 Å². The smallest absolute Gasteiger partial charge is 0.419 e. The molecule has 0 saturated heterocycles. The summed E-state index contributed by atoms with van der Waals surface area (Å²) in [5.41, 5.74) is -0.0863. The maximum absolute atomic E-state index is 12.9. The van der Waals surface area contributed by atoms with Crippen LogP contribution in [0.2, 0.25) is 0 Å². The first-order valence-electron chi connectivity index (χ1n) is 6.43. The standard InChI is InChI=1S/C16H12F3NO2/c17-16(18,19)13-3-1-2-4-15(13)22-14-6-5-11(7-8-21)9-12(14)10-20/h1-6,9,21H,7-8H2. The fraction of sp³-hybridized carbons (Fsp3) is 0.188. The first-order valence-corrected chi connectivity index (χ1v) is 6.43. The maximum Gasteiger partial charge on any atom is 0.419 e. The topological polar surface area (TPSA) is 53.2 Å². The van der Waals surface area contributed by atoms with E-state index in [1.165, 1.54) is 30.3 Å². The number of halogens is 3. The van der Waals surface area contributed by atoms with Crippen molar-refractivity contribution in [1.82, 2.24) is 0 Å². The Hall–Kier alpha value is -2.52. The quantitative estimate of drug-likeness (QED) is 0.932. The van der Waals surface area contributed by atoms with Gasteiger partial charge in [-0.05, 0) is 36.2 Å². The summed E-state index contributed by atoms with van der Waals surface area (Å²) < 4.78 is 44.1. The number of aliphatic hydroxyl groups excluding tert-OH is 1. The number of alkyl halides is 3. The Kier molecular flexibility index (Phi) is 4.68. The summed E-state index contributed by atoms with van der Waals surface area (Å²) >= 11 is 0. The van der Waals surface area contributed by atoms with Gasteiger partial charge in [0.2, 0.25) is 0 Å². The molecule has 2 rings (SSSR count). The van der Waals surface area contributed by atoms with E-state index >= 15 is 0 Å². The number of benzene rings is 2. The highest BCUT2D eigenvalue weighted by molar-refractivity contribution is 5.49. The third kappa shape index (κ3) is 3.57. The van der Waals surface area contributed by atoms with E-state index < -0.39 is 11.7 Å². The van der Waals surface area contributed by atoms with Crippen molar-refractivity contribution in [2.45, 2.75) is 12.6 Å². The van der Waals surface area contributed by atoms with Crippen LogP contribution in [0, 0.1) is 11.3 Å². The van der Waals surface area contributed by atoms with Crippen LogP contribution in [0.4, 0.5) is 13.2 Å². The van der Waals surface area contributed by atoms with E-state index in [1.54, 1.807) is 6.07 Å². The van der Waals surface area contributed by atoms with E-state index in [0.29, 0.717) is 12.0 Å². The van der Waals surface area contributed by atoms with Crippen LogP contribution in [-0.2, 0) is 12.6 Å². The summed E-state index contributed by atoms with van der Waals surface area (Å²) in [5.74, 6) is -0.317. The largest absolute Gasteiger partial charge is 0.455 e. The van der Waals surface area contributed by atoms with Gasteiger partial charge in [0.05, 0.1) is 11.1 Å². The molecule has 0 atom stereocenters. The predicted molar refractivity (Wildman–Crippen MR) is 73.5 cm³/mol. The van der Waals surface area contributed by atoms with Gasteiger partial charge < -0.3 is 9.84 Å². The van der Waals surface area contributed by atoms with Crippen molar-refractivity contribution in [2.24, 2.45) is 0 Å². The van der Waals surface area contributed by atoms with E-state index in [2.05, 4.69) is 0 Å². The molecule has 0 aliphatic heterocycles. The zero-order chi connectivity index (χ0) is 16.2. The number of nitrogens with zero attached hydrogens (tertiary/aromatic N) is 1. The van der Waals surface area contributed by atoms with Gasteiger partial charge in [-0.3, -0.25) is 0 Å². The van der Waals surface area contributed by atoms with Crippen LogP contribution in [0.1, 0.15) is 16.7 Å². The van der Waals surface area contributed by atoms with Crippen molar-refractivity contribution in [3.05, 3.63) is 59.2 Å². The lowest BCUT2D eigenvalue weighted by Crippen LogP contribution is -2.07. The fourth-order valence-electron chi connectivity index (χ4n) is 1.95. The van der Waals surface area contributed by atoms with E-state index in [1.807, 2.05) is 6.07 Å². The molecule has 6 heteroatoms. The van der Waals surface area contributed by atoms with Gasteiger partial charge in [-0.2, -0.15) is 18.4 Å². The van der Waals surface area contributed by atoms with Crippen LogP contribution in [0.25, 0.3) is 0 Å². The highest BCUT2D eigenvalue weighted by Crippen LogP contribution is 2.38. The molecule has 0 saturated carbocycles. The minimum Gasteiger partial charge on any atom is -0.455 e. The van der Waals surface area contributed by atoms with Crippen LogP contribution < -0.4 is 4.74 Å². The molecule has 22 heavy (non-hydrogen) atoms. The number of hydrogen-bond donors (Lipinski definition) is 1. The van der Waals surface area contributed by atoms with E-state index in [4.69, 9.17) is 15.1 Å². The Morgan fingerprint density at radius 3 is 2.45 bits per heavy atom. The monoisotopic (exact) mass is 307 g/mol. The molecule has 0 bridgehead atoms. The first-order chi connectivity index (χ1) is 10.5. The molecule has 0 heterocycles. The molecule has 0 unspecified atom stereocenters. The minimum absolute atomic E-state index is 0.0425. The Morgan fingerprint density at radius 1 is 1.09 bits per heavy atom. The molecule has 1 N–H and O–H groups in total. The van der Waals surface area contributed by atoms with E-state index in [9.17, 15) is 13.2 Å². The lowest BCUT2D eigenvalue weighted by atomic mass is 10.1. The van der Waals surface area contributed by atoms with Gasteiger partial charge in [0, 0.05) is 6.61 Å². The van der Waals surface area contributed by atoms with Crippen molar-refractivity contribution in [1.29, 1.82) is 5.26 Å². The lowest BCUT2D eigenvalue weighted by Gasteiger charge is -2.14. The highest BCUT2D eigenvalue weighted by Gasteiger charge is 2.34. The molecular weight excluding hydrogens is 295 g/mol. The average Bonchev–Trinajstić information content (AvgIpc) is 2.48. The Labute approximate surface area is 125 Å². The maximum atomic E-state index is 12.9. The second-order valence-corrected chi connectivity index (χ2v) is 4.51. The molecule has 0 radical (unpaired) electrons. The van der Waals surface area contributed by atoms with Crippen molar-refractivity contribution < 1.29 is 23.0 Å². The summed E-state index contributed by atoms with van der Waals surface area (Å²) in [7, 11) is 0. The molecule has 2 aromatic rings.